The zero-order chi connectivity index (χ0) is 13.6. The van der Waals surface area contributed by atoms with E-state index in [-0.39, 0.29) is 5.41 Å². The first kappa shape index (κ1) is 13.3. The van der Waals surface area contributed by atoms with Gasteiger partial charge in [-0.15, -0.1) is 0 Å². The number of nitrogens with zero attached hydrogens (tertiary/aromatic N) is 2. The van der Waals surface area contributed by atoms with Crippen LogP contribution in [0.3, 0.4) is 0 Å². The molecule has 0 aliphatic carbocycles. The lowest BCUT2D eigenvalue weighted by atomic mass is 9.89. The molecular weight excluding hydrogens is 248 g/mol. The van der Waals surface area contributed by atoms with Gasteiger partial charge < -0.3 is 4.90 Å². The van der Waals surface area contributed by atoms with Gasteiger partial charge in [0.15, 0.2) is 9.84 Å². The highest BCUT2D eigenvalue weighted by atomic mass is 32.2. The zero-order valence-corrected chi connectivity index (χ0v) is 12.2. The van der Waals surface area contributed by atoms with E-state index in [4.69, 9.17) is 0 Å². The zero-order valence-electron chi connectivity index (χ0n) is 11.4. The standard InChI is InChI=1S/C13H20N2O2S/c1-13(2,3)12-11(15-6-5-7-15)8-10(9-14-12)18(4,16)17/h8-9H,5-7H2,1-4H3. The van der Waals surface area contributed by atoms with Crippen molar-refractivity contribution in [3.05, 3.63) is 18.0 Å². The van der Waals surface area contributed by atoms with Crippen LogP contribution in [0.15, 0.2) is 17.2 Å². The molecule has 1 fully saturated rings. The number of rotatable bonds is 2. The highest BCUT2D eigenvalue weighted by Gasteiger charge is 2.27. The Morgan fingerprint density at radius 2 is 1.89 bits per heavy atom. The van der Waals surface area contributed by atoms with Crippen molar-refractivity contribution in [3.8, 4) is 0 Å². The van der Waals surface area contributed by atoms with E-state index in [0.717, 1.165) is 30.9 Å². The SMILES string of the molecule is CC(C)(C)c1ncc(S(C)(=O)=O)cc1N1CCC1. The Labute approximate surface area is 109 Å². The molecule has 4 nitrogen and oxygen atoms in total. The first-order valence-electron chi connectivity index (χ1n) is 6.15. The van der Waals surface area contributed by atoms with Gasteiger partial charge in [0.2, 0.25) is 0 Å². The van der Waals surface area contributed by atoms with Gasteiger partial charge in [0.05, 0.1) is 16.3 Å². The molecule has 0 aromatic carbocycles. The minimum absolute atomic E-state index is 0.0824. The Morgan fingerprint density at radius 1 is 1.28 bits per heavy atom. The van der Waals surface area contributed by atoms with Crippen molar-refractivity contribution in [1.82, 2.24) is 4.98 Å². The van der Waals surface area contributed by atoms with E-state index in [1.165, 1.54) is 12.5 Å². The molecule has 2 rings (SSSR count). The van der Waals surface area contributed by atoms with Crippen molar-refractivity contribution >= 4 is 15.5 Å². The van der Waals surface area contributed by atoms with Crippen molar-refractivity contribution in [2.75, 3.05) is 24.2 Å². The van der Waals surface area contributed by atoms with E-state index in [1.807, 2.05) is 0 Å². The molecule has 0 atom stereocenters. The first-order valence-corrected chi connectivity index (χ1v) is 8.04. The minimum atomic E-state index is -3.19. The number of aromatic nitrogens is 1. The number of pyridine rings is 1. The van der Waals surface area contributed by atoms with Crippen molar-refractivity contribution in [2.45, 2.75) is 37.5 Å². The van der Waals surface area contributed by atoms with Gasteiger partial charge in [0, 0.05) is 31.0 Å². The molecule has 0 bridgehead atoms. The van der Waals surface area contributed by atoms with E-state index in [2.05, 4.69) is 30.7 Å². The molecule has 0 amide bonds. The van der Waals surface area contributed by atoms with Crippen LogP contribution in [-0.4, -0.2) is 32.7 Å². The van der Waals surface area contributed by atoms with Crippen LogP contribution in [0.1, 0.15) is 32.9 Å². The molecule has 0 radical (unpaired) electrons. The Bertz CT molecular complexity index is 555. The van der Waals surface area contributed by atoms with Gasteiger partial charge in [-0.05, 0) is 12.5 Å². The third kappa shape index (κ3) is 2.51. The maximum atomic E-state index is 11.6. The average Bonchev–Trinajstić information content (AvgIpc) is 2.11. The van der Waals surface area contributed by atoms with Crippen LogP contribution >= 0.6 is 0 Å². The van der Waals surface area contributed by atoms with Crippen LogP contribution < -0.4 is 4.90 Å². The molecule has 1 saturated heterocycles. The number of hydrogen-bond donors (Lipinski definition) is 0. The van der Waals surface area contributed by atoms with Crippen LogP contribution in [0, 0.1) is 0 Å². The second kappa shape index (κ2) is 4.23. The molecule has 0 N–H and O–H groups in total. The Hall–Kier alpha value is -1.10. The third-order valence-corrected chi connectivity index (χ3v) is 4.26. The largest absolute Gasteiger partial charge is 0.370 e. The normalized spacial score (nSPS) is 16.6. The predicted molar refractivity (Wildman–Crippen MR) is 72.9 cm³/mol. The van der Waals surface area contributed by atoms with Gasteiger partial charge in [-0.1, -0.05) is 20.8 Å². The summed E-state index contributed by atoms with van der Waals surface area (Å²) in [6.45, 7) is 8.26. The van der Waals surface area contributed by atoms with E-state index < -0.39 is 9.84 Å². The molecule has 2 heterocycles. The predicted octanol–water partition coefficient (Wildman–Crippen LogP) is 1.99. The molecule has 1 aliphatic rings. The first-order chi connectivity index (χ1) is 8.19. The smallest absolute Gasteiger partial charge is 0.177 e. The van der Waals surface area contributed by atoms with Crippen molar-refractivity contribution in [2.24, 2.45) is 0 Å². The van der Waals surface area contributed by atoms with E-state index in [9.17, 15) is 8.42 Å². The molecule has 0 unspecified atom stereocenters. The molecule has 1 aromatic heterocycles. The maximum Gasteiger partial charge on any atom is 0.177 e. The highest BCUT2D eigenvalue weighted by molar-refractivity contribution is 7.90. The molecule has 0 saturated carbocycles. The van der Waals surface area contributed by atoms with Crippen LogP contribution in [0.25, 0.3) is 0 Å². The summed E-state index contributed by atoms with van der Waals surface area (Å²) in [6.07, 6.45) is 3.85. The van der Waals surface area contributed by atoms with Gasteiger partial charge >= 0.3 is 0 Å². The summed E-state index contributed by atoms with van der Waals surface area (Å²) in [5, 5.41) is 0. The molecule has 18 heavy (non-hydrogen) atoms. The average molecular weight is 268 g/mol. The highest BCUT2D eigenvalue weighted by Crippen LogP contribution is 2.33. The van der Waals surface area contributed by atoms with Crippen LogP contribution in [0.4, 0.5) is 5.69 Å². The monoisotopic (exact) mass is 268 g/mol. The van der Waals surface area contributed by atoms with Crippen molar-refractivity contribution in [3.63, 3.8) is 0 Å². The molecule has 1 aromatic rings. The molecular formula is C13H20N2O2S. The maximum absolute atomic E-state index is 11.6. The van der Waals surface area contributed by atoms with E-state index >= 15 is 0 Å². The second-order valence-corrected chi connectivity index (χ2v) is 7.92. The molecule has 1 aliphatic heterocycles. The fourth-order valence-corrected chi connectivity index (χ4v) is 2.58. The Morgan fingerprint density at radius 3 is 2.28 bits per heavy atom. The minimum Gasteiger partial charge on any atom is -0.370 e. The number of anilines is 1. The van der Waals surface area contributed by atoms with Gasteiger partial charge in [-0.2, -0.15) is 0 Å². The molecule has 5 heteroatoms. The van der Waals surface area contributed by atoms with E-state index in [0.29, 0.717) is 4.90 Å². The van der Waals surface area contributed by atoms with Gasteiger partial charge in [0.25, 0.3) is 0 Å². The van der Waals surface area contributed by atoms with E-state index in [1.54, 1.807) is 6.07 Å². The topological polar surface area (TPSA) is 50.3 Å². The lowest BCUT2D eigenvalue weighted by molar-refractivity contribution is 0.547. The fourth-order valence-electron chi connectivity index (χ4n) is 2.01. The van der Waals surface area contributed by atoms with Gasteiger partial charge in [0.1, 0.15) is 0 Å². The van der Waals surface area contributed by atoms with Gasteiger partial charge in [-0.25, -0.2) is 8.42 Å². The number of hydrogen-bond acceptors (Lipinski definition) is 4. The van der Waals surface area contributed by atoms with Crippen molar-refractivity contribution in [1.29, 1.82) is 0 Å². The summed E-state index contributed by atoms with van der Waals surface area (Å²) in [5.74, 6) is 0. The summed E-state index contributed by atoms with van der Waals surface area (Å²) in [6, 6.07) is 1.77. The fraction of sp³-hybridized carbons (Fsp3) is 0.615. The second-order valence-electron chi connectivity index (χ2n) is 5.90. The summed E-state index contributed by atoms with van der Waals surface area (Å²) < 4.78 is 23.2. The molecule has 100 valence electrons. The Balaban J connectivity index is 2.55. The number of sulfone groups is 1. The van der Waals surface area contributed by atoms with Crippen LogP contribution in [0.5, 0.6) is 0 Å². The lowest BCUT2D eigenvalue weighted by Gasteiger charge is -2.36. The summed E-state index contributed by atoms with van der Waals surface area (Å²) in [4.78, 5) is 6.90. The summed E-state index contributed by atoms with van der Waals surface area (Å²) in [5.41, 5.74) is 1.85. The van der Waals surface area contributed by atoms with Crippen LogP contribution in [-0.2, 0) is 15.3 Å². The Kier molecular flexibility index (Phi) is 3.13. The quantitative estimate of drug-likeness (QED) is 0.823. The summed E-state index contributed by atoms with van der Waals surface area (Å²) >= 11 is 0. The third-order valence-electron chi connectivity index (χ3n) is 3.18. The lowest BCUT2D eigenvalue weighted by Crippen LogP contribution is -2.39. The van der Waals surface area contributed by atoms with Crippen LogP contribution in [0.2, 0.25) is 0 Å². The molecule has 0 spiro atoms. The van der Waals surface area contributed by atoms with Gasteiger partial charge in [-0.3, -0.25) is 4.98 Å². The van der Waals surface area contributed by atoms with Crippen molar-refractivity contribution < 1.29 is 8.42 Å². The summed E-state index contributed by atoms with van der Waals surface area (Å²) in [7, 11) is -3.19.